The van der Waals surface area contributed by atoms with E-state index in [9.17, 15) is 19.2 Å². The summed E-state index contributed by atoms with van der Waals surface area (Å²) in [4.78, 5) is 47.3. The smallest absolute Gasteiger partial charge is 0.338 e. The number of urea groups is 1. The Balaban J connectivity index is 1.50. The average molecular weight is 451 g/mol. The lowest BCUT2D eigenvalue weighted by molar-refractivity contribution is -0.123. The van der Waals surface area contributed by atoms with E-state index >= 15 is 0 Å². The number of halogens is 1. The summed E-state index contributed by atoms with van der Waals surface area (Å²) in [5.74, 6) is -1.53. The Morgan fingerprint density at radius 1 is 0.969 bits per heavy atom. The number of benzene rings is 2. The zero-order valence-corrected chi connectivity index (χ0v) is 17.1. The number of hydrogen-bond donors (Lipinski definition) is 2. The second-order valence-electron chi connectivity index (χ2n) is 6.75. The summed E-state index contributed by atoms with van der Waals surface area (Å²) in [5, 5.41) is 4.48. The molecular weight excluding hydrogens is 436 g/mol. The minimum Gasteiger partial charge on any atom is -0.457 e. The van der Waals surface area contributed by atoms with E-state index in [1.54, 1.807) is 60.7 Å². The van der Waals surface area contributed by atoms with Crippen LogP contribution in [0.1, 0.15) is 21.7 Å². The molecular formula is C23H15ClN2O6. The number of furan rings is 1. The van der Waals surface area contributed by atoms with Gasteiger partial charge in [0.25, 0.3) is 11.8 Å². The highest BCUT2D eigenvalue weighted by Gasteiger charge is 2.28. The largest absolute Gasteiger partial charge is 0.457 e. The summed E-state index contributed by atoms with van der Waals surface area (Å²) in [7, 11) is 0. The van der Waals surface area contributed by atoms with Crippen LogP contribution in [0.5, 0.6) is 0 Å². The maximum absolute atomic E-state index is 12.5. The van der Waals surface area contributed by atoms with Gasteiger partial charge < -0.3 is 9.15 Å². The summed E-state index contributed by atoms with van der Waals surface area (Å²) in [5.41, 5.74) is 1.34. The second-order valence-corrected chi connectivity index (χ2v) is 7.15. The zero-order chi connectivity index (χ0) is 22.7. The SMILES string of the molecule is O=C1NC(=O)C(=Cc2ccc(-c3cccc(C(=O)OCc4ccccc4Cl)c3)o2)C(=O)N1. The van der Waals surface area contributed by atoms with E-state index < -0.39 is 23.8 Å². The van der Waals surface area contributed by atoms with E-state index in [2.05, 4.69) is 0 Å². The highest BCUT2D eigenvalue weighted by molar-refractivity contribution is 6.31. The van der Waals surface area contributed by atoms with Crippen molar-refractivity contribution in [2.24, 2.45) is 0 Å². The van der Waals surface area contributed by atoms with Crippen LogP contribution in [-0.4, -0.2) is 23.8 Å². The van der Waals surface area contributed by atoms with Gasteiger partial charge >= 0.3 is 12.0 Å². The molecule has 0 atom stereocenters. The molecule has 1 aromatic heterocycles. The fraction of sp³-hybridized carbons (Fsp3) is 0.0435. The Bertz CT molecular complexity index is 1250. The topological polar surface area (TPSA) is 115 Å². The molecule has 0 radical (unpaired) electrons. The third-order valence-electron chi connectivity index (χ3n) is 4.56. The quantitative estimate of drug-likeness (QED) is 0.348. The van der Waals surface area contributed by atoms with Crippen LogP contribution in [0.15, 0.2) is 70.7 Å². The van der Waals surface area contributed by atoms with Crippen molar-refractivity contribution in [2.45, 2.75) is 6.61 Å². The molecule has 9 heteroatoms. The lowest BCUT2D eigenvalue weighted by Gasteiger charge is -2.13. The number of nitrogens with one attached hydrogen (secondary N) is 2. The number of ether oxygens (including phenoxy) is 1. The van der Waals surface area contributed by atoms with Crippen molar-refractivity contribution < 1.29 is 28.3 Å². The number of esters is 1. The summed E-state index contributed by atoms with van der Waals surface area (Å²) in [6.07, 6.45) is 1.22. The summed E-state index contributed by atoms with van der Waals surface area (Å²) in [6, 6.07) is 16.0. The van der Waals surface area contributed by atoms with Gasteiger partial charge in [-0.3, -0.25) is 20.2 Å². The maximum atomic E-state index is 12.5. The van der Waals surface area contributed by atoms with E-state index in [1.807, 2.05) is 10.6 Å². The Kier molecular flexibility index (Phi) is 5.87. The van der Waals surface area contributed by atoms with Gasteiger partial charge in [0, 0.05) is 16.1 Å². The van der Waals surface area contributed by atoms with Crippen molar-refractivity contribution in [3.8, 4) is 11.3 Å². The third-order valence-corrected chi connectivity index (χ3v) is 4.92. The van der Waals surface area contributed by atoms with Crippen LogP contribution in [0, 0.1) is 0 Å². The molecule has 1 aliphatic heterocycles. The molecule has 4 rings (SSSR count). The molecule has 1 fully saturated rings. The van der Waals surface area contributed by atoms with Gasteiger partial charge in [-0.1, -0.05) is 41.9 Å². The van der Waals surface area contributed by atoms with Crippen LogP contribution in [0.25, 0.3) is 17.4 Å². The molecule has 160 valence electrons. The monoisotopic (exact) mass is 450 g/mol. The minimum absolute atomic E-state index is 0.0356. The molecule has 0 unspecified atom stereocenters. The second kappa shape index (κ2) is 8.91. The van der Waals surface area contributed by atoms with Gasteiger partial charge in [-0.2, -0.15) is 0 Å². The molecule has 0 spiro atoms. The molecule has 8 nitrogen and oxygen atoms in total. The fourth-order valence-corrected chi connectivity index (χ4v) is 3.17. The Morgan fingerprint density at radius 3 is 2.47 bits per heavy atom. The molecule has 1 aliphatic rings. The standard InChI is InChI=1S/C23H15ClN2O6/c24-18-7-2-1-4-15(18)12-31-22(29)14-6-3-5-13(10-14)19-9-8-16(32-19)11-17-20(27)25-23(30)26-21(17)28/h1-11H,12H2,(H2,25,26,27,28,30). The predicted molar refractivity (Wildman–Crippen MR) is 114 cm³/mol. The van der Waals surface area contributed by atoms with Gasteiger partial charge in [0.1, 0.15) is 23.7 Å². The fourth-order valence-electron chi connectivity index (χ4n) is 2.98. The number of rotatable bonds is 5. The molecule has 2 heterocycles. The molecule has 1 saturated heterocycles. The number of imide groups is 2. The maximum Gasteiger partial charge on any atom is 0.338 e. The van der Waals surface area contributed by atoms with Gasteiger partial charge in [-0.25, -0.2) is 9.59 Å². The van der Waals surface area contributed by atoms with Gasteiger partial charge in [0.2, 0.25) is 0 Å². The van der Waals surface area contributed by atoms with Crippen LogP contribution in [0.4, 0.5) is 4.79 Å². The highest BCUT2D eigenvalue weighted by atomic mass is 35.5. The minimum atomic E-state index is -0.879. The van der Waals surface area contributed by atoms with E-state index in [-0.39, 0.29) is 17.9 Å². The zero-order valence-electron chi connectivity index (χ0n) is 16.4. The van der Waals surface area contributed by atoms with Crippen LogP contribution in [-0.2, 0) is 20.9 Å². The molecule has 2 N–H and O–H groups in total. The van der Waals surface area contributed by atoms with Crippen LogP contribution in [0.3, 0.4) is 0 Å². The molecule has 2 aromatic carbocycles. The molecule has 0 aliphatic carbocycles. The van der Waals surface area contributed by atoms with Crippen molar-refractivity contribution in [3.63, 3.8) is 0 Å². The lowest BCUT2D eigenvalue weighted by Crippen LogP contribution is -2.51. The van der Waals surface area contributed by atoms with Gasteiger partial charge in [0.15, 0.2) is 0 Å². The van der Waals surface area contributed by atoms with Crippen molar-refractivity contribution in [1.82, 2.24) is 10.6 Å². The summed E-state index contributed by atoms with van der Waals surface area (Å²) in [6.45, 7) is 0.0356. The van der Waals surface area contributed by atoms with Crippen molar-refractivity contribution in [3.05, 3.63) is 88.1 Å². The van der Waals surface area contributed by atoms with E-state index in [0.717, 1.165) is 0 Å². The van der Waals surface area contributed by atoms with E-state index in [4.69, 9.17) is 20.8 Å². The van der Waals surface area contributed by atoms with Crippen molar-refractivity contribution in [2.75, 3.05) is 0 Å². The third kappa shape index (κ3) is 4.60. The first-order chi connectivity index (χ1) is 15.4. The average Bonchev–Trinajstić information content (AvgIpc) is 3.24. The molecule has 0 bridgehead atoms. The van der Waals surface area contributed by atoms with Crippen LogP contribution in [0.2, 0.25) is 5.02 Å². The molecule has 32 heavy (non-hydrogen) atoms. The first-order valence-electron chi connectivity index (χ1n) is 9.40. The van der Waals surface area contributed by atoms with Crippen molar-refractivity contribution >= 4 is 41.5 Å². The Morgan fingerprint density at radius 2 is 1.72 bits per heavy atom. The Labute approximate surface area is 186 Å². The van der Waals surface area contributed by atoms with Gasteiger partial charge in [0.05, 0.1) is 5.56 Å². The van der Waals surface area contributed by atoms with E-state index in [1.165, 1.54) is 6.08 Å². The van der Waals surface area contributed by atoms with Crippen molar-refractivity contribution in [1.29, 1.82) is 0 Å². The Hall–Kier alpha value is -4.17. The molecule has 4 amide bonds. The lowest BCUT2D eigenvalue weighted by atomic mass is 10.1. The summed E-state index contributed by atoms with van der Waals surface area (Å²) >= 11 is 6.08. The van der Waals surface area contributed by atoms with Crippen LogP contribution >= 0.6 is 11.6 Å². The van der Waals surface area contributed by atoms with Crippen LogP contribution < -0.4 is 10.6 Å². The predicted octanol–water partition coefficient (Wildman–Crippen LogP) is 3.71. The first-order valence-corrected chi connectivity index (χ1v) is 9.77. The number of barbiturate groups is 1. The highest BCUT2D eigenvalue weighted by Crippen LogP contribution is 2.25. The van der Waals surface area contributed by atoms with Gasteiger partial charge in [-0.05, 0) is 36.4 Å². The molecule has 0 saturated carbocycles. The summed E-state index contributed by atoms with van der Waals surface area (Å²) < 4.78 is 11.0. The first kappa shape index (κ1) is 21.1. The molecule has 3 aromatic rings. The number of amides is 4. The number of carbonyl (C=O) groups excluding carboxylic acids is 4. The normalized spacial score (nSPS) is 13.4. The van der Waals surface area contributed by atoms with Gasteiger partial charge in [-0.15, -0.1) is 0 Å². The number of carbonyl (C=O) groups is 4. The number of hydrogen-bond acceptors (Lipinski definition) is 6. The van der Waals surface area contributed by atoms with E-state index in [0.29, 0.717) is 27.5 Å².